The fourth-order valence-corrected chi connectivity index (χ4v) is 2.39. The topological polar surface area (TPSA) is 42.4 Å². The van der Waals surface area contributed by atoms with Crippen LogP contribution in [0.5, 0.6) is 0 Å². The molecule has 1 aliphatic heterocycles. The predicted octanol–water partition coefficient (Wildman–Crippen LogP) is 2.11. The van der Waals surface area contributed by atoms with Gasteiger partial charge in [-0.05, 0) is 38.8 Å². The Morgan fingerprint density at radius 2 is 2.11 bits per heavy atom. The molecule has 18 heavy (non-hydrogen) atoms. The lowest BCUT2D eigenvalue weighted by atomic mass is 9.93. The second-order valence-corrected chi connectivity index (χ2v) is 5.41. The molecule has 1 amide bonds. The van der Waals surface area contributed by atoms with Gasteiger partial charge in [0.15, 0.2) is 0 Å². The van der Waals surface area contributed by atoms with Crippen molar-refractivity contribution in [2.24, 2.45) is 0 Å². The van der Waals surface area contributed by atoms with Gasteiger partial charge in [-0.3, -0.25) is 9.78 Å². The number of hydrogen-bond donors (Lipinski definition) is 0. The number of carbonyl (C=O) groups excluding carboxylic acids is 1. The van der Waals surface area contributed by atoms with E-state index in [9.17, 15) is 4.79 Å². The molecule has 1 aromatic rings. The number of amides is 1. The van der Waals surface area contributed by atoms with Crippen molar-refractivity contribution >= 4 is 5.91 Å². The highest BCUT2D eigenvalue weighted by atomic mass is 16.5. The van der Waals surface area contributed by atoms with E-state index in [1.165, 1.54) is 0 Å². The van der Waals surface area contributed by atoms with Crippen molar-refractivity contribution in [2.45, 2.75) is 38.3 Å². The number of hydrogen-bond acceptors (Lipinski definition) is 3. The van der Waals surface area contributed by atoms with Gasteiger partial charge in [-0.1, -0.05) is 0 Å². The quantitative estimate of drug-likeness (QED) is 0.805. The lowest BCUT2D eigenvalue weighted by Gasteiger charge is -2.39. The van der Waals surface area contributed by atoms with Crippen LogP contribution in [-0.2, 0) is 4.74 Å². The Hall–Kier alpha value is -1.42. The van der Waals surface area contributed by atoms with E-state index in [0.717, 1.165) is 12.8 Å². The molecule has 1 aromatic heterocycles. The minimum Gasteiger partial charge on any atom is -0.375 e. The second-order valence-electron chi connectivity index (χ2n) is 5.41. The molecule has 0 aromatic carbocycles. The fourth-order valence-electron chi connectivity index (χ4n) is 2.39. The monoisotopic (exact) mass is 248 g/mol. The number of rotatable bonds is 2. The summed E-state index contributed by atoms with van der Waals surface area (Å²) in [6.45, 7) is 4.86. The van der Waals surface area contributed by atoms with Crippen molar-refractivity contribution < 1.29 is 9.53 Å². The molecular weight excluding hydrogens is 228 g/mol. The zero-order chi connectivity index (χ0) is 13.2. The van der Waals surface area contributed by atoms with Gasteiger partial charge < -0.3 is 9.64 Å². The molecule has 1 aliphatic rings. The molecule has 4 heteroatoms. The van der Waals surface area contributed by atoms with Gasteiger partial charge in [-0.25, -0.2) is 0 Å². The maximum atomic E-state index is 12.3. The molecule has 0 N–H and O–H groups in total. The Bertz CT molecular complexity index is 417. The van der Waals surface area contributed by atoms with Gasteiger partial charge in [0.1, 0.15) is 0 Å². The van der Waals surface area contributed by atoms with Crippen LogP contribution in [0.1, 0.15) is 37.0 Å². The van der Waals surface area contributed by atoms with Crippen LogP contribution < -0.4 is 0 Å². The lowest BCUT2D eigenvalue weighted by molar-refractivity contribution is -0.0756. The van der Waals surface area contributed by atoms with Crippen molar-refractivity contribution in [1.29, 1.82) is 0 Å². The Morgan fingerprint density at radius 1 is 1.44 bits per heavy atom. The molecule has 2 heterocycles. The van der Waals surface area contributed by atoms with Crippen LogP contribution in [-0.4, -0.2) is 41.1 Å². The second kappa shape index (κ2) is 5.06. The van der Waals surface area contributed by atoms with Gasteiger partial charge in [0, 0.05) is 37.7 Å². The SMILES string of the molecule is CN(C(=O)c1ccncc1)C1CCOC(C)(C)C1. The average Bonchev–Trinajstić information content (AvgIpc) is 2.37. The summed E-state index contributed by atoms with van der Waals surface area (Å²) in [5, 5.41) is 0. The Kier molecular flexibility index (Phi) is 3.66. The Morgan fingerprint density at radius 3 is 2.72 bits per heavy atom. The average molecular weight is 248 g/mol. The first-order chi connectivity index (χ1) is 8.49. The summed E-state index contributed by atoms with van der Waals surface area (Å²) in [5.41, 5.74) is 0.548. The highest BCUT2D eigenvalue weighted by molar-refractivity contribution is 5.94. The van der Waals surface area contributed by atoms with Gasteiger partial charge in [0.2, 0.25) is 0 Å². The summed E-state index contributed by atoms with van der Waals surface area (Å²) in [6.07, 6.45) is 5.07. The summed E-state index contributed by atoms with van der Waals surface area (Å²) in [7, 11) is 1.87. The summed E-state index contributed by atoms with van der Waals surface area (Å²) in [4.78, 5) is 18.1. The maximum Gasteiger partial charge on any atom is 0.253 e. The van der Waals surface area contributed by atoms with Crippen LogP contribution in [0.15, 0.2) is 24.5 Å². The number of ether oxygens (including phenoxy) is 1. The molecular formula is C14H20N2O2. The number of nitrogens with zero attached hydrogens (tertiary/aromatic N) is 2. The highest BCUT2D eigenvalue weighted by Gasteiger charge is 2.32. The number of carbonyl (C=O) groups is 1. The largest absolute Gasteiger partial charge is 0.375 e. The third-order valence-electron chi connectivity index (χ3n) is 3.47. The van der Waals surface area contributed by atoms with E-state index in [1.807, 2.05) is 11.9 Å². The van der Waals surface area contributed by atoms with E-state index in [0.29, 0.717) is 12.2 Å². The maximum absolute atomic E-state index is 12.3. The normalized spacial score (nSPS) is 22.5. The molecule has 1 unspecified atom stereocenters. The summed E-state index contributed by atoms with van der Waals surface area (Å²) in [6, 6.07) is 3.75. The van der Waals surface area contributed by atoms with E-state index in [2.05, 4.69) is 18.8 Å². The summed E-state index contributed by atoms with van der Waals surface area (Å²) >= 11 is 0. The third-order valence-corrected chi connectivity index (χ3v) is 3.47. The van der Waals surface area contributed by atoms with Gasteiger partial charge in [-0.2, -0.15) is 0 Å². The Balaban J connectivity index is 2.07. The first kappa shape index (κ1) is 13.0. The lowest BCUT2D eigenvalue weighted by Crippen LogP contribution is -2.46. The van der Waals surface area contributed by atoms with Crippen molar-refractivity contribution in [3.8, 4) is 0 Å². The standard InChI is InChI=1S/C14H20N2O2/c1-14(2)10-12(6-9-18-14)16(3)13(17)11-4-7-15-8-5-11/h4-5,7-8,12H,6,9-10H2,1-3H3. The van der Waals surface area contributed by atoms with Gasteiger partial charge in [-0.15, -0.1) is 0 Å². The van der Waals surface area contributed by atoms with E-state index in [4.69, 9.17) is 4.74 Å². The van der Waals surface area contributed by atoms with Crippen LogP contribution in [0.4, 0.5) is 0 Å². The fraction of sp³-hybridized carbons (Fsp3) is 0.571. The van der Waals surface area contributed by atoms with E-state index < -0.39 is 0 Å². The van der Waals surface area contributed by atoms with Crippen LogP contribution in [0.3, 0.4) is 0 Å². The van der Waals surface area contributed by atoms with Gasteiger partial charge in [0.05, 0.1) is 5.60 Å². The van der Waals surface area contributed by atoms with E-state index in [-0.39, 0.29) is 17.6 Å². The smallest absolute Gasteiger partial charge is 0.253 e. The predicted molar refractivity (Wildman–Crippen MR) is 69.4 cm³/mol. The van der Waals surface area contributed by atoms with Crippen molar-refractivity contribution in [1.82, 2.24) is 9.88 Å². The first-order valence-corrected chi connectivity index (χ1v) is 6.31. The molecule has 1 fully saturated rings. The molecule has 1 atom stereocenters. The minimum atomic E-state index is -0.143. The Labute approximate surface area is 108 Å². The van der Waals surface area contributed by atoms with Crippen LogP contribution in [0.2, 0.25) is 0 Å². The summed E-state index contributed by atoms with van der Waals surface area (Å²) < 4.78 is 5.68. The molecule has 0 radical (unpaired) electrons. The van der Waals surface area contributed by atoms with Crippen LogP contribution in [0, 0.1) is 0 Å². The number of aromatic nitrogens is 1. The van der Waals surface area contributed by atoms with Gasteiger partial charge in [0.25, 0.3) is 5.91 Å². The zero-order valence-corrected chi connectivity index (χ0v) is 11.2. The molecule has 2 rings (SSSR count). The zero-order valence-electron chi connectivity index (χ0n) is 11.2. The summed E-state index contributed by atoms with van der Waals surface area (Å²) in [5.74, 6) is 0.0556. The van der Waals surface area contributed by atoms with Crippen LogP contribution in [0.25, 0.3) is 0 Å². The molecule has 98 valence electrons. The highest BCUT2D eigenvalue weighted by Crippen LogP contribution is 2.27. The van der Waals surface area contributed by atoms with Crippen LogP contribution >= 0.6 is 0 Å². The molecule has 1 saturated heterocycles. The molecule has 0 spiro atoms. The minimum absolute atomic E-state index is 0.0556. The van der Waals surface area contributed by atoms with E-state index >= 15 is 0 Å². The molecule has 0 bridgehead atoms. The first-order valence-electron chi connectivity index (χ1n) is 6.31. The molecule has 0 saturated carbocycles. The van der Waals surface area contributed by atoms with Crippen molar-refractivity contribution in [3.63, 3.8) is 0 Å². The number of pyridine rings is 1. The molecule has 0 aliphatic carbocycles. The molecule has 4 nitrogen and oxygen atoms in total. The van der Waals surface area contributed by atoms with E-state index in [1.54, 1.807) is 24.5 Å². The van der Waals surface area contributed by atoms with Crippen molar-refractivity contribution in [3.05, 3.63) is 30.1 Å². The van der Waals surface area contributed by atoms with Crippen molar-refractivity contribution in [2.75, 3.05) is 13.7 Å². The van der Waals surface area contributed by atoms with Gasteiger partial charge >= 0.3 is 0 Å². The third kappa shape index (κ3) is 2.88.